The Morgan fingerprint density at radius 2 is 1.96 bits per heavy atom. The summed E-state index contributed by atoms with van der Waals surface area (Å²) in [5.74, 6) is 1.06. The van der Waals surface area contributed by atoms with Crippen LogP contribution < -0.4 is 10.2 Å². The lowest BCUT2D eigenvalue weighted by molar-refractivity contribution is -0.384. The lowest BCUT2D eigenvalue weighted by Crippen LogP contribution is -2.17. The molecule has 1 heterocycles. The molecule has 9 heteroatoms. The molecule has 0 fully saturated rings. The van der Waals surface area contributed by atoms with E-state index in [9.17, 15) is 14.9 Å². The Morgan fingerprint density at radius 3 is 2.61 bits per heavy atom. The van der Waals surface area contributed by atoms with Crippen molar-refractivity contribution in [2.45, 2.75) is 0 Å². The van der Waals surface area contributed by atoms with Crippen molar-refractivity contribution in [2.24, 2.45) is 5.10 Å². The van der Waals surface area contributed by atoms with Crippen molar-refractivity contribution >= 4 is 29.4 Å². The van der Waals surface area contributed by atoms with E-state index in [-0.39, 0.29) is 16.6 Å². The molecule has 0 saturated heterocycles. The average Bonchev–Trinajstić information content (AvgIpc) is 3.16. The van der Waals surface area contributed by atoms with Gasteiger partial charge in [-0.2, -0.15) is 5.10 Å². The number of methoxy groups -OCH3 is 1. The predicted molar refractivity (Wildman–Crippen MR) is 104 cm³/mol. The summed E-state index contributed by atoms with van der Waals surface area (Å²) in [6.45, 7) is 0. The normalized spacial score (nSPS) is 10.8. The van der Waals surface area contributed by atoms with Crippen LogP contribution in [0, 0.1) is 10.1 Å². The Hall–Kier alpha value is -3.65. The fourth-order valence-electron chi connectivity index (χ4n) is 2.35. The number of nitrogens with one attached hydrogen (secondary N) is 1. The van der Waals surface area contributed by atoms with Crippen molar-refractivity contribution in [2.75, 3.05) is 7.11 Å². The average molecular weight is 400 g/mol. The lowest BCUT2D eigenvalue weighted by atomic mass is 10.1. The van der Waals surface area contributed by atoms with Gasteiger partial charge in [-0.15, -0.1) is 0 Å². The van der Waals surface area contributed by atoms with Crippen LogP contribution in [-0.2, 0) is 0 Å². The third-order valence-corrected chi connectivity index (χ3v) is 4.08. The third kappa shape index (κ3) is 4.36. The van der Waals surface area contributed by atoms with Crippen molar-refractivity contribution in [1.29, 1.82) is 0 Å². The largest absolute Gasteiger partial charge is 0.497 e. The van der Waals surface area contributed by atoms with Crippen molar-refractivity contribution in [1.82, 2.24) is 5.43 Å². The molecule has 0 aliphatic carbocycles. The zero-order chi connectivity index (χ0) is 20.1. The molecule has 1 N–H and O–H groups in total. The van der Waals surface area contributed by atoms with Gasteiger partial charge in [0.05, 0.1) is 23.3 Å². The van der Waals surface area contributed by atoms with Gasteiger partial charge in [-0.25, -0.2) is 5.43 Å². The van der Waals surface area contributed by atoms with E-state index in [1.165, 1.54) is 24.4 Å². The van der Waals surface area contributed by atoms with E-state index in [1.807, 2.05) is 0 Å². The maximum Gasteiger partial charge on any atom is 0.271 e. The number of non-ortho nitro benzene ring substituents is 1. The topological polar surface area (TPSA) is 107 Å². The summed E-state index contributed by atoms with van der Waals surface area (Å²) >= 11 is 6.09. The molecule has 2 aromatic carbocycles. The number of rotatable bonds is 6. The monoisotopic (exact) mass is 399 g/mol. The number of nitro benzene ring substituents is 1. The summed E-state index contributed by atoms with van der Waals surface area (Å²) in [4.78, 5) is 22.3. The summed E-state index contributed by atoms with van der Waals surface area (Å²) in [7, 11) is 1.54. The summed E-state index contributed by atoms with van der Waals surface area (Å²) < 4.78 is 10.6. The molecule has 3 aromatic rings. The van der Waals surface area contributed by atoms with Crippen LogP contribution >= 0.6 is 11.6 Å². The van der Waals surface area contributed by atoms with Crippen molar-refractivity contribution in [3.05, 3.63) is 81.1 Å². The van der Waals surface area contributed by atoms with E-state index in [2.05, 4.69) is 10.5 Å². The van der Waals surface area contributed by atoms with Gasteiger partial charge < -0.3 is 9.15 Å². The highest BCUT2D eigenvalue weighted by atomic mass is 35.5. The summed E-state index contributed by atoms with van der Waals surface area (Å²) in [5.41, 5.74) is 3.22. The second-order valence-corrected chi connectivity index (χ2v) is 5.96. The van der Waals surface area contributed by atoms with Crippen LogP contribution in [0.25, 0.3) is 11.3 Å². The molecule has 0 radical (unpaired) electrons. The van der Waals surface area contributed by atoms with Crippen molar-refractivity contribution in [3.63, 3.8) is 0 Å². The molecule has 0 saturated carbocycles. The Morgan fingerprint density at radius 1 is 1.21 bits per heavy atom. The molecule has 8 nitrogen and oxygen atoms in total. The number of carbonyl (C=O) groups is 1. The zero-order valence-electron chi connectivity index (χ0n) is 14.6. The molecule has 3 rings (SSSR count). The number of hydrogen-bond acceptors (Lipinski definition) is 6. The third-order valence-electron chi connectivity index (χ3n) is 3.77. The molecule has 142 valence electrons. The molecule has 0 aliphatic rings. The smallest absolute Gasteiger partial charge is 0.271 e. The van der Waals surface area contributed by atoms with E-state index >= 15 is 0 Å². The summed E-state index contributed by atoms with van der Waals surface area (Å²) in [6.07, 6.45) is 1.34. The number of hydrazone groups is 1. The highest BCUT2D eigenvalue weighted by Gasteiger charge is 2.13. The van der Waals surface area contributed by atoms with Gasteiger partial charge in [0.25, 0.3) is 11.6 Å². The minimum Gasteiger partial charge on any atom is -0.497 e. The van der Waals surface area contributed by atoms with Gasteiger partial charge in [0.2, 0.25) is 0 Å². The van der Waals surface area contributed by atoms with Crippen molar-refractivity contribution in [3.8, 4) is 17.1 Å². The Bertz CT molecular complexity index is 1040. The maximum absolute atomic E-state index is 12.0. The molecule has 0 bridgehead atoms. The van der Waals surface area contributed by atoms with Crippen LogP contribution in [0.3, 0.4) is 0 Å². The van der Waals surface area contributed by atoms with Gasteiger partial charge in [0.15, 0.2) is 0 Å². The van der Waals surface area contributed by atoms with Crippen molar-refractivity contribution < 1.29 is 18.9 Å². The number of furan rings is 1. The van der Waals surface area contributed by atoms with E-state index in [4.69, 9.17) is 20.8 Å². The number of benzene rings is 2. The number of nitro groups is 1. The van der Waals surface area contributed by atoms with Crippen LogP contribution in [0.5, 0.6) is 5.75 Å². The van der Waals surface area contributed by atoms with E-state index < -0.39 is 4.92 Å². The number of ether oxygens (including phenoxy) is 1. The molecule has 0 atom stereocenters. The van der Waals surface area contributed by atoms with E-state index in [1.54, 1.807) is 43.5 Å². The van der Waals surface area contributed by atoms with Gasteiger partial charge in [0, 0.05) is 23.3 Å². The van der Waals surface area contributed by atoms with Gasteiger partial charge in [-0.05, 0) is 42.5 Å². The lowest BCUT2D eigenvalue weighted by Gasteiger charge is -2.02. The molecular weight excluding hydrogens is 386 g/mol. The summed E-state index contributed by atoms with van der Waals surface area (Å²) in [6, 6.07) is 14.0. The molecular formula is C19H14ClN3O5. The number of carbonyl (C=O) groups excluding carboxylic acids is 1. The molecule has 1 aromatic heterocycles. The molecule has 0 aliphatic heterocycles. The molecule has 1 amide bonds. The van der Waals surface area contributed by atoms with Crippen LogP contribution in [0.4, 0.5) is 5.69 Å². The van der Waals surface area contributed by atoms with Gasteiger partial charge in [-0.3, -0.25) is 14.9 Å². The molecule has 28 heavy (non-hydrogen) atoms. The van der Waals surface area contributed by atoms with Crippen LogP contribution in [-0.4, -0.2) is 24.2 Å². The fraction of sp³-hybridized carbons (Fsp3) is 0.0526. The van der Waals surface area contributed by atoms with E-state index in [0.717, 1.165) is 0 Å². The minimum atomic E-state index is -0.526. The molecule has 0 unspecified atom stereocenters. The Balaban J connectivity index is 1.67. The Kier molecular flexibility index (Phi) is 5.71. The quantitative estimate of drug-likeness (QED) is 0.378. The predicted octanol–water partition coefficient (Wildman–Crippen LogP) is 4.28. The highest BCUT2D eigenvalue weighted by molar-refractivity contribution is 6.33. The standard InChI is InChI=1S/C19H14ClN3O5/c1-27-14-5-2-12(3-6-14)19(24)22-21-11-15-7-9-18(28-15)16-8-4-13(23(25)26)10-17(16)20/h2-11H,1H3,(H,22,24)/b21-11+. The summed E-state index contributed by atoms with van der Waals surface area (Å²) in [5, 5.41) is 14.8. The molecule has 0 spiro atoms. The van der Waals surface area contributed by atoms with Gasteiger partial charge >= 0.3 is 0 Å². The first kappa shape index (κ1) is 19.1. The fourth-order valence-corrected chi connectivity index (χ4v) is 2.61. The van der Waals surface area contributed by atoms with Crippen LogP contribution in [0.15, 0.2) is 64.1 Å². The van der Waals surface area contributed by atoms with Crippen LogP contribution in [0.1, 0.15) is 16.1 Å². The second kappa shape index (κ2) is 8.36. The minimum absolute atomic E-state index is 0.108. The number of halogens is 1. The number of hydrogen-bond donors (Lipinski definition) is 1. The Labute approximate surface area is 164 Å². The first-order valence-electron chi connectivity index (χ1n) is 7.99. The maximum atomic E-state index is 12.0. The zero-order valence-corrected chi connectivity index (χ0v) is 15.3. The highest BCUT2D eigenvalue weighted by Crippen LogP contribution is 2.32. The second-order valence-electron chi connectivity index (χ2n) is 5.55. The first-order valence-corrected chi connectivity index (χ1v) is 8.37. The number of amides is 1. The number of nitrogens with zero attached hydrogens (tertiary/aromatic N) is 2. The van der Waals surface area contributed by atoms with Gasteiger partial charge in [-0.1, -0.05) is 11.6 Å². The van der Waals surface area contributed by atoms with Gasteiger partial charge in [0.1, 0.15) is 17.3 Å². The first-order chi connectivity index (χ1) is 13.5. The van der Waals surface area contributed by atoms with Crippen LogP contribution in [0.2, 0.25) is 5.02 Å². The van der Waals surface area contributed by atoms with E-state index in [0.29, 0.717) is 28.4 Å². The SMILES string of the molecule is COc1ccc(C(=O)N/N=C/c2ccc(-c3ccc([N+](=O)[O-])cc3Cl)o2)cc1.